The third-order valence-electron chi connectivity index (χ3n) is 5.34. The number of aromatic nitrogens is 1. The van der Waals surface area contributed by atoms with Crippen molar-refractivity contribution in [1.82, 2.24) is 9.88 Å². The molecule has 2 heterocycles. The van der Waals surface area contributed by atoms with Crippen molar-refractivity contribution >= 4 is 34.3 Å². The number of amides is 3. The van der Waals surface area contributed by atoms with Crippen molar-refractivity contribution in [2.24, 2.45) is 0 Å². The van der Waals surface area contributed by atoms with Gasteiger partial charge < -0.3 is 10.3 Å². The second-order valence-corrected chi connectivity index (χ2v) is 7.30. The first kappa shape index (κ1) is 18.0. The third kappa shape index (κ3) is 3.17. The predicted octanol–water partition coefficient (Wildman–Crippen LogP) is 3.21. The Morgan fingerprint density at radius 3 is 2.71 bits per heavy atom. The molecule has 2 aromatic carbocycles. The summed E-state index contributed by atoms with van der Waals surface area (Å²) in [6.45, 7) is 1.87. The summed E-state index contributed by atoms with van der Waals surface area (Å²) in [6, 6.07) is 16.9. The number of nitrogens with one attached hydrogen (secondary N) is 2. The second-order valence-electron chi connectivity index (χ2n) is 7.30. The monoisotopic (exact) mass is 375 g/mol. The molecule has 0 spiro atoms. The predicted molar refractivity (Wildman–Crippen MR) is 107 cm³/mol. The molecule has 3 amide bonds. The fourth-order valence-electron chi connectivity index (χ4n) is 3.70. The zero-order chi connectivity index (χ0) is 19.7. The number of aromatic amines is 1. The summed E-state index contributed by atoms with van der Waals surface area (Å²) in [7, 11) is 0. The van der Waals surface area contributed by atoms with E-state index in [0.29, 0.717) is 5.69 Å². The molecule has 0 bridgehead atoms. The molecule has 28 heavy (non-hydrogen) atoms. The fourth-order valence-corrected chi connectivity index (χ4v) is 3.70. The molecule has 6 nitrogen and oxygen atoms in total. The van der Waals surface area contributed by atoms with Crippen LogP contribution in [0.2, 0.25) is 0 Å². The summed E-state index contributed by atoms with van der Waals surface area (Å²) >= 11 is 0. The molecule has 4 rings (SSSR count). The van der Waals surface area contributed by atoms with Crippen molar-refractivity contribution in [2.75, 3.05) is 11.9 Å². The maximum atomic E-state index is 12.9. The molecule has 0 saturated carbocycles. The van der Waals surface area contributed by atoms with Gasteiger partial charge >= 0.3 is 0 Å². The lowest BCUT2D eigenvalue weighted by Gasteiger charge is -2.22. The third-order valence-corrected chi connectivity index (χ3v) is 5.34. The molecule has 1 unspecified atom stereocenters. The van der Waals surface area contributed by atoms with Gasteiger partial charge in [0, 0.05) is 36.8 Å². The minimum atomic E-state index is -0.868. The number of fused-ring (bicyclic) bond motifs is 1. The molecule has 1 aromatic heterocycles. The summed E-state index contributed by atoms with van der Waals surface area (Å²) in [5.74, 6) is -0.721. The smallest absolute Gasteiger partial charge is 0.240 e. The standard InChI is InChI=1S/C22H21N3O3/c1-22(16-5-3-2-4-6-16)14-20(27)25(21(22)28)12-10-19(26)24-17-8-7-15-9-11-23-18(15)13-17/h2-9,11,13,23H,10,12,14H2,1H3,(H,24,26). The highest BCUT2D eigenvalue weighted by atomic mass is 16.2. The second kappa shape index (κ2) is 6.96. The van der Waals surface area contributed by atoms with Crippen LogP contribution in [0.5, 0.6) is 0 Å². The van der Waals surface area contributed by atoms with E-state index < -0.39 is 5.41 Å². The maximum Gasteiger partial charge on any atom is 0.240 e. The molecule has 1 saturated heterocycles. The first-order valence-electron chi connectivity index (χ1n) is 9.25. The molecule has 1 aliphatic rings. The fraction of sp³-hybridized carbons (Fsp3) is 0.227. The molecule has 6 heteroatoms. The molecular formula is C22H21N3O3. The Labute approximate surface area is 162 Å². The van der Waals surface area contributed by atoms with E-state index in [4.69, 9.17) is 0 Å². The Hall–Kier alpha value is -3.41. The summed E-state index contributed by atoms with van der Waals surface area (Å²) in [5.41, 5.74) is 1.56. The summed E-state index contributed by atoms with van der Waals surface area (Å²) in [6.07, 6.45) is 2.02. The highest BCUT2D eigenvalue weighted by molar-refractivity contribution is 6.09. The van der Waals surface area contributed by atoms with E-state index in [2.05, 4.69) is 10.3 Å². The van der Waals surface area contributed by atoms with Gasteiger partial charge in [-0.05, 0) is 36.1 Å². The number of hydrogen-bond donors (Lipinski definition) is 2. The Morgan fingerprint density at radius 1 is 1.14 bits per heavy atom. The summed E-state index contributed by atoms with van der Waals surface area (Å²) in [5, 5.41) is 3.88. The lowest BCUT2D eigenvalue weighted by atomic mass is 9.81. The van der Waals surface area contributed by atoms with Crippen molar-refractivity contribution in [3.63, 3.8) is 0 Å². The van der Waals surface area contributed by atoms with Crippen molar-refractivity contribution < 1.29 is 14.4 Å². The lowest BCUT2D eigenvalue weighted by molar-refractivity contribution is -0.139. The number of rotatable bonds is 5. The van der Waals surface area contributed by atoms with E-state index in [1.165, 1.54) is 4.90 Å². The van der Waals surface area contributed by atoms with E-state index in [1.54, 1.807) is 6.92 Å². The van der Waals surface area contributed by atoms with Gasteiger partial charge in [0.1, 0.15) is 0 Å². The van der Waals surface area contributed by atoms with Crippen LogP contribution in [0.1, 0.15) is 25.3 Å². The topological polar surface area (TPSA) is 82.3 Å². The number of imide groups is 1. The minimum Gasteiger partial charge on any atom is -0.361 e. The molecule has 1 fully saturated rings. The van der Waals surface area contributed by atoms with Crippen LogP contribution in [-0.4, -0.2) is 34.2 Å². The van der Waals surface area contributed by atoms with Crippen LogP contribution in [0.25, 0.3) is 10.9 Å². The van der Waals surface area contributed by atoms with Crippen LogP contribution < -0.4 is 5.32 Å². The first-order valence-corrected chi connectivity index (χ1v) is 9.25. The van der Waals surface area contributed by atoms with Crippen LogP contribution >= 0.6 is 0 Å². The zero-order valence-corrected chi connectivity index (χ0v) is 15.6. The zero-order valence-electron chi connectivity index (χ0n) is 15.6. The van der Waals surface area contributed by atoms with E-state index in [-0.39, 0.29) is 37.1 Å². The lowest BCUT2D eigenvalue weighted by Crippen LogP contribution is -2.38. The number of carbonyl (C=O) groups is 3. The summed E-state index contributed by atoms with van der Waals surface area (Å²) in [4.78, 5) is 41.9. The average molecular weight is 375 g/mol. The van der Waals surface area contributed by atoms with Gasteiger partial charge in [-0.15, -0.1) is 0 Å². The number of H-pyrrole nitrogens is 1. The SMILES string of the molecule is CC1(c2ccccc2)CC(=O)N(CCC(=O)Nc2ccc3cc[nH]c3c2)C1=O. The van der Waals surface area contributed by atoms with Crippen molar-refractivity contribution in [3.8, 4) is 0 Å². The number of likely N-dealkylation sites (tertiary alicyclic amines) is 1. The number of carbonyl (C=O) groups excluding carboxylic acids is 3. The average Bonchev–Trinajstić information content (AvgIpc) is 3.24. The molecule has 0 radical (unpaired) electrons. The maximum absolute atomic E-state index is 12.9. The van der Waals surface area contributed by atoms with Crippen LogP contribution in [0.15, 0.2) is 60.8 Å². The largest absolute Gasteiger partial charge is 0.361 e. The van der Waals surface area contributed by atoms with E-state index >= 15 is 0 Å². The Morgan fingerprint density at radius 2 is 1.93 bits per heavy atom. The minimum absolute atomic E-state index is 0.0606. The normalized spacial score (nSPS) is 19.4. The molecule has 2 N–H and O–H groups in total. The Balaban J connectivity index is 1.40. The van der Waals surface area contributed by atoms with E-state index in [1.807, 2.05) is 60.8 Å². The molecule has 142 valence electrons. The van der Waals surface area contributed by atoms with Gasteiger partial charge in [0.05, 0.1) is 5.41 Å². The van der Waals surface area contributed by atoms with Crippen molar-refractivity contribution in [1.29, 1.82) is 0 Å². The number of nitrogens with zero attached hydrogens (tertiary/aromatic N) is 1. The van der Waals surface area contributed by atoms with Crippen LogP contribution in [-0.2, 0) is 19.8 Å². The Bertz CT molecular complexity index is 1060. The van der Waals surface area contributed by atoms with Gasteiger partial charge in [0.2, 0.25) is 17.7 Å². The van der Waals surface area contributed by atoms with E-state index in [0.717, 1.165) is 16.5 Å². The van der Waals surface area contributed by atoms with Crippen molar-refractivity contribution in [2.45, 2.75) is 25.2 Å². The molecular weight excluding hydrogens is 354 g/mol. The highest BCUT2D eigenvalue weighted by Crippen LogP contribution is 2.36. The van der Waals surface area contributed by atoms with Gasteiger partial charge in [0.15, 0.2) is 0 Å². The number of anilines is 1. The van der Waals surface area contributed by atoms with Crippen molar-refractivity contribution in [3.05, 3.63) is 66.4 Å². The van der Waals surface area contributed by atoms with Gasteiger partial charge in [-0.3, -0.25) is 19.3 Å². The van der Waals surface area contributed by atoms with Crippen LogP contribution in [0.3, 0.4) is 0 Å². The Kier molecular flexibility index (Phi) is 4.47. The van der Waals surface area contributed by atoms with Gasteiger partial charge in [-0.1, -0.05) is 36.4 Å². The van der Waals surface area contributed by atoms with Crippen LogP contribution in [0, 0.1) is 0 Å². The van der Waals surface area contributed by atoms with Gasteiger partial charge in [-0.25, -0.2) is 0 Å². The van der Waals surface area contributed by atoms with E-state index in [9.17, 15) is 14.4 Å². The number of benzene rings is 2. The van der Waals surface area contributed by atoms with Gasteiger partial charge in [-0.2, -0.15) is 0 Å². The quantitative estimate of drug-likeness (QED) is 0.672. The molecule has 0 aliphatic carbocycles. The van der Waals surface area contributed by atoms with Gasteiger partial charge in [0.25, 0.3) is 0 Å². The first-order chi connectivity index (χ1) is 13.5. The molecule has 1 aliphatic heterocycles. The molecule has 3 aromatic rings. The molecule has 1 atom stereocenters. The highest BCUT2D eigenvalue weighted by Gasteiger charge is 2.49. The number of hydrogen-bond acceptors (Lipinski definition) is 3. The van der Waals surface area contributed by atoms with Crippen LogP contribution in [0.4, 0.5) is 5.69 Å². The summed E-state index contributed by atoms with van der Waals surface area (Å²) < 4.78 is 0.